The van der Waals surface area contributed by atoms with Crippen molar-refractivity contribution in [2.45, 2.75) is 40.0 Å². The van der Waals surface area contributed by atoms with Gasteiger partial charge in [-0.2, -0.15) is 5.26 Å². The Hall–Kier alpha value is -3.11. The van der Waals surface area contributed by atoms with Crippen molar-refractivity contribution in [3.05, 3.63) is 52.8 Å². The molecule has 29 heavy (non-hydrogen) atoms. The maximum Gasteiger partial charge on any atom is 0.309 e. The van der Waals surface area contributed by atoms with Crippen LogP contribution in [-0.4, -0.2) is 40.2 Å². The number of carbonyl (C=O) groups is 1. The Morgan fingerprint density at radius 3 is 2.76 bits per heavy atom. The topological polar surface area (TPSA) is 95.7 Å². The fourth-order valence-electron chi connectivity index (χ4n) is 3.17. The number of aryl methyl sites for hydroxylation is 1. The van der Waals surface area contributed by atoms with Crippen LogP contribution in [0.25, 0.3) is 0 Å². The summed E-state index contributed by atoms with van der Waals surface area (Å²) in [6, 6.07) is 9.54. The molecule has 0 saturated carbocycles. The van der Waals surface area contributed by atoms with Crippen molar-refractivity contribution in [3.8, 4) is 17.6 Å². The lowest BCUT2D eigenvalue weighted by Gasteiger charge is -2.36. The van der Waals surface area contributed by atoms with Gasteiger partial charge in [-0.3, -0.25) is 14.7 Å². The largest absolute Gasteiger partial charge is 0.490 e. The number of aromatic nitrogens is 1. The van der Waals surface area contributed by atoms with Crippen LogP contribution in [0.5, 0.6) is 11.5 Å². The Labute approximate surface area is 170 Å². The monoisotopic (exact) mass is 395 g/mol. The minimum Gasteiger partial charge on any atom is -0.490 e. The number of carboxylic acids is 1. The van der Waals surface area contributed by atoms with Gasteiger partial charge in [0.25, 0.3) is 0 Å². The molecule has 0 spiro atoms. The van der Waals surface area contributed by atoms with Crippen LogP contribution in [0.15, 0.2) is 30.5 Å². The van der Waals surface area contributed by atoms with Crippen LogP contribution in [0, 0.1) is 24.2 Å². The van der Waals surface area contributed by atoms with E-state index in [2.05, 4.69) is 16.0 Å². The highest BCUT2D eigenvalue weighted by atomic mass is 16.5. The summed E-state index contributed by atoms with van der Waals surface area (Å²) >= 11 is 0. The summed E-state index contributed by atoms with van der Waals surface area (Å²) in [5.74, 6) is 0.218. The van der Waals surface area contributed by atoms with Crippen molar-refractivity contribution in [2.75, 3.05) is 13.1 Å². The highest BCUT2D eigenvalue weighted by Crippen LogP contribution is 2.24. The van der Waals surface area contributed by atoms with Crippen LogP contribution in [0.3, 0.4) is 0 Å². The van der Waals surface area contributed by atoms with Gasteiger partial charge in [-0.25, -0.2) is 0 Å². The SMILES string of the molecule is Cc1cc(OCc2ccc(OC(C)C)c(C#N)c2)cnc1CN1CC(C(=O)O)C1. The molecule has 1 saturated heterocycles. The third-order valence-electron chi connectivity index (χ3n) is 4.77. The minimum atomic E-state index is -0.738. The first-order valence-corrected chi connectivity index (χ1v) is 9.59. The fourth-order valence-corrected chi connectivity index (χ4v) is 3.17. The third-order valence-corrected chi connectivity index (χ3v) is 4.77. The fraction of sp³-hybridized carbons (Fsp3) is 0.409. The van der Waals surface area contributed by atoms with E-state index in [-0.39, 0.29) is 12.0 Å². The lowest BCUT2D eigenvalue weighted by molar-refractivity contribution is -0.147. The summed E-state index contributed by atoms with van der Waals surface area (Å²) in [4.78, 5) is 17.4. The molecule has 2 aromatic rings. The van der Waals surface area contributed by atoms with Gasteiger partial charge in [0.15, 0.2) is 0 Å². The summed E-state index contributed by atoms with van der Waals surface area (Å²) in [5.41, 5.74) is 3.28. The van der Waals surface area contributed by atoms with Crippen molar-refractivity contribution in [1.82, 2.24) is 9.88 Å². The van der Waals surface area contributed by atoms with Crippen LogP contribution >= 0.6 is 0 Å². The molecule has 1 N–H and O–H groups in total. The smallest absolute Gasteiger partial charge is 0.309 e. The summed E-state index contributed by atoms with van der Waals surface area (Å²) in [6.45, 7) is 7.89. The van der Waals surface area contributed by atoms with E-state index in [0.717, 1.165) is 16.8 Å². The number of nitrogens with zero attached hydrogens (tertiary/aromatic N) is 3. The van der Waals surface area contributed by atoms with E-state index in [9.17, 15) is 10.1 Å². The van der Waals surface area contributed by atoms with Gasteiger partial charge in [-0.15, -0.1) is 0 Å². The van der Waals surface area contributed by atoms with Crippen LogP contribution in [0.1, 0.15) is 36.2 Å². The standard InChI is InChI=1S/C22H25N3O4/c1-14(2)29-21-5-4-16(7-17(21)8-23)13-28-19-6-15(3)20(24-9-19)12-25-10-18(11-25)22(26)27/h4-7,9,14,18H,10-13H2,1-3H3,(H,26,27). The first-order chi connectivity index (χ1) is 13.9. The van der Waals surface area contributed by atoms with E-state index < -0.39 is 5.97 Å². The Morgan fingerprint density at radius 1 is 1.38 bits per heavy atom. The highest BCUT2D eigenvalue weighted by Gasteiger charge is 2.32. The maximum absolute atomic E-state index is 10.9. The molecule has 0 bridgehead atoms. The number of aliphatic carboxylic acids is 1. The normalized spacial score (nSPS) is 14.3. The second-order valence-electron chi connectivity index (χ2n) is 7.56. The molecule has 3 rings (SSSR count). The van der Waals surface area contributed by atoms with E-state index in [1.807, 2.05) is 32.9 Å². The average molecular weight is 395 g/mol. The van der Waals surface area contributed by atoms with Crippen LogP contribution in [-0.2, 0) is 17.9 Å². The van der Waals surface area contributed by atoms with Crippen molar-refractivity contribution < 1.29 is 19.4 Å². The lowest BCUT2D eigenvalue weighted by Crippen LogP contribution is -2.49. The Balaban J connectivity index is 1.58. The van der Waals surface area contributed by atoms with Gasteiger partial charge in [0.05, 0.1) is 29.5 Å². The lowest BCUT2D eigenvalue weighted by atomic mass is 10.00. The number of ether oxygens (including phenoxy) is 2. The molecule has 152 valence electrons. The van der Waals surface area contributed by atoms with Crippen LogP contribution in [0.4, 0.5) is 0 Å². The number of likely N-dealkylation sites (tertiary alicyclic amines) is 1. The molecule has 7 nitrogen and oxygen atoms in total. The summed E-state index contributed by atoms with van der Waals surface area (Å²) in [5, 5.41) is 18.3. The molecule has 7 heteroatoms. The van der Waals surface area contributed by atoms with Gasteiger partial charge in [-0.05, 0) is 50.1 Å². The minimum absolute atomic E-state index is 0.00281. The van der Waals surface area contributed by atoms with Crippen molar-refractivity contribution in [1.29, 1.82) is 5.26 Å². The predicted molar refractivity (Wildman–Crippen MR) is 107 cm³/mol. The molecule has 2 heterocycles. The van der Waals surface area contributed by atoms with Gasteiger partial charge in [0.1, 0.15) is 24.2 Å². The van der Waals surface area contributed by atoms with E-state index in [0.29, 0.717) is 43.3 Å². The molecule has 0 atom stereocenters. The second kappa shape index (κ2) is 8.93. The van der Waals surface area contributed by atoms with E-state index in [4.69, 9.17) is 14.6 Å². The van der Waals surface area contributed by atoms with Crippen LogP contribution < -0.4 is 9.47 Å². The van der Waals surface area contributed by atoms with E-state index >= 15 is 0 Å². The zero-order valence-electron chi connectivity index (χ0n) is 16.9. The van der Waals surface area contributed by atoms with Crippen molar-refractivity contribution >= 4 is 5.97 Å². The molecule has 0 aliphatic carbocycles. The molecular formula is C22H25N3O4. The molecule has 1 fully saturated rings. The molecule has 1 aliphatic heterocycles. The molecule has 0 radical (unpaired) electrons. The first kappa shape index (κ1) is 20.6. The Kier molecular flexibility index (Phi) is 6.35. The first-order valence-electron chi connectivity index (χ1n) is 9.59. The Bertz CT molecular complexity index is 930. The number of nitriles is 1. The maximum atomic E-state index is 10.9. The number of benzene rings is 1. The number of hydrogen-bond acceptors (Lipinski definition) is 6. The van der Waals surface area contributed by atoms with Gasteiger partial charge >= 0.3 is 5.97 Å². The van der Waals surface area contributed by atoms with Gasteiger partial charge in [-0.1, -0.05) is 6.07 Å². The van der Waals surface area contributed by atoms with Gasteiger partial charge in [0.2, 0.25) is 0 Å². The zero-order valence-corrected chi connectivity index (χ0v) is 16.9. The van der Waals surface area contributed by atoms with Gasteiger partial charge in [0, 0.05) is 19.6 Å². The number of pyridine rings is 1. The number of hydrogen-bond donors (Lipinski definition) is 1. The quantitative estimate of drug-likeness (QED) is 0.733. The summed E-state index contributed by atoms with van der Waals surface area (Å²) < 4.78 is 11.5. The van der Waals surface area contributed by atoms with Crippen molar-refractivity contribution in [2.24, 2.45) is 5.92 Å². The third kappa shape index (κ3) is 5.24. The van der Waals surface area contributed by atoms with E-state index in [1.54, 1.807) is 18.3 Å². The average Bonchev–Trinajstić information content (AvgIpc) is 2.64. The molecule has 0 amide bonds. The number of rotatable bonds is 8. The summed E-state index contributed by atoms with van der Waals surface area (Å²) in [7, 11) is 0. The zero-order chi connectivity index (χ0) is 21.0. The highest BCUT2D eigenvalue weighted by molar-refractivity contribution is 5.71. The molecular weight excluding hydrogens is 370 g/mol. The molecule has 1 aromatic heterocycles. The van der Waals surface area contributed by atoms with E-state index in [1.165, 1.54) is 0 Å². The molecule has 1 aliphatic rings. The predicted octanol–water partition coefficient (Wildman–Crippen LogP) is 3.14. The Morgan fingerprint density at radius 2 is 2.14 bits per heavy atom. The summed E-state index contributed by atoms with van der Waals surface area (Å²) in [6.07, 6.45) is 1.68. The number of carboxylic acid groups (broad SMARTS) is 1. The van der Waals surface area contributed by atoms with Crippen LogP contribution in [0.2, 0.25) is 0 Å². The van der Waals surface area contributed by atoms with Crippen molar-refractivity contribution in [3.63, 3.8) is 0 Å². The van der Waals surface area contributed by atoms with Gasteiger partial charge < -0.3 is 14.6 Å². The molecule has 1 aromatic carbocycles. The second-order valence-corrected chi connectivity index (χ2v) is 7.56. The molecule has 0 unspecified atom stereocenters.